The van der Waals surface area contributed by atoms with Crippen molar-refractivity contribution in [3.63, 3.8) is 0 Å². The van der Waals surface area contributed by atoms with E-state index >= 15 is 0 Å². The molecule has 0 bridgehead atoms. The van der Waals surface area contributed by atoms with Crippen LogP contribution in [0.3, 0.4) is 0 Å². The molecule has 1 unspecified atom stereocenters. The number of pyridine rings is 1. The van der Waals surface area contributed by atoms with Crippen LogP contribution in [0, 0.1) is 0 Å². The molecule has 1 aromatic heterocycles. The maximum absolute atomic E-state index is 11.6. The van der Waals surface area contributed by atoms with Crippen molar-refractivity contribution in [3.05, 3.63) is 24.0 Å². The van der Waals surface area contributed by atoms with E-state index in [0.717, 1.165) is 0 Å². The number of methoxy groups -OCH3 is 1. The Labute approximate surface area is 99.3 Å². The smallest absolute Gasteiger partial charge is 0.273 e. The van der Waals surface area contributed by atoms with Crippen LogP contribution < -0.4 is 5.32 Å². The standard InChI is InChI=1S/C11H16N2O4/c1-17-7-8(14)4-6-13-11(16)10-9(15)3-2-5-12-10/h2-3,5,8,14-15H,4,6-7H2,1H3,(H,13,16). The molecule has 6 nitrogen and oxygen atoms in total. The molecule has 0 saturated heterocycles. The molecule has 6 heteroatoms. The molecule has 1 aromatic rings. The summed E-state index contributed by atoms with van der Waals surface area (Å²) in [5.41, 5.74) is -0.0197. The highest BCUT2D eigenvalue weighted by molar-refractivity contribution is 5.94. The zero-order valence-electron chi connectivity index (χ0n) is 9.59. The first-order valence-corrected chi connectivity index (χ1v) is 5.24. The predicted molar refractivity (Wildman–Crippen MR) is 60.7 cm³/mol. The van der Waals surface area contributed by atoms with E-state index in [2.05, 4.69) is 10.3 Å². The summed E-state index contributed by atoms with van der Waals surface area (Å²) in [4.78, 5) is 15.3. The lowest BCUT2D eigenvalue weighted by atomic mass is 10.2. The molecular formula is C11H16N2O4. The third-order valence-electron chi connectivity index (χ3n) is 2.12. The van der Waals surface area contributed by atoms with E-state index in [1.807, 2.05) is 0 Å². The van der Waals surface area contributed by atoms with Crippen molar-refractivity contribution >= 4 is 5.91 Å². The molecule has 3 N–H and O–H groups in total. The second kappa shape index (κ2) is 6.82. The van der Waals surface area contributed by atoms with Crippen molar-refractivity contribution in [1.29, 1.82) is 0 Å². The third-order valence-corrected chi connectivity index (χ3v) is 2.12. The number of nitrogens with zero attached hydrogens (tertiary/aromatic N) is 1. The van der Waals surface area contributed by atoms with Crippen LogP contribution in [-0.4, -0.2) is 47.5 Å². The summed E-state index contributed by atoms with van der Waals surface area (Å²) in [5, 5.41) is 21.3. The molecule has 0 spiro atoms. The molecule has 0 radical (unpaired) electrons. The van der Waals surface area contributed by atoms with Gasteiger partial charge < -0.3 is 20.3 Å². The number of aromatic hydroxyl groups is 1. The molecule has 0 saturated carbocycles. The molecule has 0 aliphatic carbocycles. The molecule has 0 aliphatic heterocycles. The summed E-state index contributed by atoms with van der Waals surface area (Å²) >= 11 is 0. The number of aliphatic hydroxyl groups is 1. The zero-order chi connectivity index (χ0) is 12.7. The minimum atomic E-state index is -0.613. The Balaban J connectivity index is 2.38. The fourth-order valence-electron chi connectivity index (χ4n) is 1.28. The normalized spacial score (nSPS) is 12.1. The average Bonchev–Trinajstić information content (AvgIpc) is 2.29. The number of aliphatic hydroxyl groups excluding tert-OH is 1. The summed E-state index contributed by atoms with van der Waals surface area (Å²) in [7, 11) is 1.49. The van der Waals surface area contributed by atoms with Gasteiger partial charge in [-0.2, -0.15) is 0 Å². The quantitative estimate of drug-likeness (QED) is 0.646. The molecule has 1 heterocycles. The fraction of sp³-hybridized carbons (Fsp3) is 0.455. The molecule has 17 heavy (non-hydrogen) atoms. The van der Waals surface area contributed by atoms with Gasteiger partial charge in [0.1, 0.15) is 5.75 Å². The van der Waals surface area contributed by atoms with Crippen LogP contribution in [0.25, 0.3) is 0 Å². The minimum absolute atomic E-state index is 0.0197. The molecule has 94 valence electrons. The minimum Gasteiger partial charge on any atom is -0.505 e. The second-order valence-electron chi connectivity index (χ2n) is 3.52. The average molecular weight is 240 g/mol. The van der Waals surface area contributed by atoms with Gasteiger partial charge in [-0.3, -0.25) is 4.79 Å². The summed E-state index contributed by atoms with van der Waals surface area (Å²) in [6.07, 6.45) is 1.19. The number of carbonyl (C=O) groups excluding carboxylic acids is 1. The van der Waals surface area contributed by atoms with Crippen LogP contribution in [0.15, 0.2) is 18.3 Å². The van der Waals surface area contributed by atoms with E-state index in [1.54, 1.807) is 0 Å². The Bertz CT molecular complexity index is 370. The van der Waals surface area contributed by atoms with E-state index in [0.29, 0.717) is 13.0 Å². The van der Waals surface area contributed by atoms with E-state index in [4.69, 9.17) is 4.74 Å². The van der Waals surface area contributed by atoms with Crippen LogP contribution in [0.4, 0.5) is 0 Å². The number of ether oxygens (including phenoxy) is 1. The highest BCUT2D eigenvalue weighted by atomic mass is 16.5. The number of hydrogen-bond donors (Lipinski definition) is 3. The molecule has 0 aliphatic rings. The fourth-order valence-corrected chi connectivity index (χ4v) is 1.28. The largest absolute Gasteiger partial charge is 0.505 e. The number of rotatable bonds is 6. The molecule has 1 atom stereocenters. The van der Waals surface area contributed by atoms with Gasteiger partial charge >= 0.3 is 0 Å². The molecule has 0 aromatic carbocycles. The number of nitrogens with one attached hydrogen (secondary N) is 1. The summed E-state index contributed by atoms with van der Waals surface area (Å²) in [6, 6.07) is 2.93. The van der Waals surface area contributed by atoms with Crippen molar-refractivity contribution < 1.29 is 19.7 Å². The van der Waals surface area contributed by atoms with Gasteiger partial charge in [-0.25, -0.2) is 4.98 Å². The number of hydrogen-bond acceptors (Lipinski definition) is 5. The van der Waals surface area contributed by atoms with Gasteiger partial charge in [0.05, 0.1) is 12.7 Å². The van der Waals surface area contributed by atoms with E-state index in [-0.39, 0.29) is 18.1 Å². The van der Waals surface area contributed by atoms with Gasteiger partial charge in [0.15, 0.2) is 5.69 Å². The topological polar surface area (TPSA) is 91.7 Å². The number of aromatic nitrogens is 1. The Morgan fingerprint density at radius 2 is 2.41 bits per heavy atom. The maximum atomic E-state index is 11.6. The lowest BCUT2D eigenvalue weighted by Gasteiger charge is -2.10. The first-order chi connectivity index (χ1) is 8.15. The zero-order valence-corrected chi connectivity index (χ0v) is 9.59. The second-order valence-corrected chi connectivity index (χ2v) is 3.52. The van der Waals surface area contributed by atoms with Gasteiger partial charge in [-0.05, 0) is 18.6 Å². The first kappa shape index (κ1) is 13.4. The molecule has 1 rings (SSSR count). The van der Waals surface area contributed by atoms with Gasteiger partial charge in [-0.15, -0.1) is 0 Å². The Morgan fingerprint density at radius 3 is 3.06 bits per heavy atom. The van der Waals surface area contributed by atoms with Crippen molar-refractivity contribution in [2.75, 3.05) is 20.3 Å². The van der Waals surface area contributed by atoms with Crippen LogP contribution in [-0.2, 0) is 4.74 Å². The summed E-state index contributed by atoms with van der Waals surface area (Å²) in [5.74, 6) is -0.629. The van der Waals surface area contributed by atoms with Gasteiger partial charge in [0.25, 0.3) is 5.91 Å². The predicted octanol–water partition coefficient (Wildman–Crippen LogP) is -0.0856. The number of carbonyl (C=O) groups is 1. The monoisotopic (exact) mass is 240 g/mol. The van der Waals surface area contributed by atoms with Gasteiger partial charge in [0.2, 0.25) is 0 Å². The van der Waals surface area contributed by atoms with Gasteiger partial charge in [-0.1, -0.05) is 0 Å². The number of amides is 1. The Kier molecular flexibility index (Phi) is 5.38. The molecule has 1 amide bonds. The highest BCUT2D eigenvalue weighted by Crippen LogP contribution is 2.11. The van der Waals surface area contributed by atoms with Crippen molar-refractivity contribution in [3.8, 4) is 5.75 Å². The van der Waals surface area contributed by atoms with Crippen LogP contribution >= 0.6 is 0 Å². The Morgan fingerprint density at radius 1 is 1.65 bits per heavy atom. The van der Waals surface area contributed by atoms with E-state index in [9.17, 15) is 15.0 Å². The third kappa shape index (κ3) is 4.38. The van der Waals surface area contributed by atoms with Crippen LogP contribution in [0.5, 0.6) is 5.75 Å². The van der Waals surface area contributed by atoms with Crippen molar-refractivity contribution in [2.24, 2.45) is 0 Å². The van der Waals surface area contributed by atoms with E-state index in [1.165, 1.54) is 25.4 Å². The van der Waals surface area contributed by atoms with Crippen LogP contribution in [0.1, 0.15) is 16.9 Å². The summed E-state index contributed by atoms with van der Waals surface area (Å²) < 4.78 is 4.75. The highest BCUT2D eigenvalue weighted by Gasteiger charge is 2.12. The Hall–Kier alpha value is -1.66. The van der Waals surface area contributed by atoms with Crippen LogP contribution in [0.2, 0.25) is 0 Å². The van der Waals surface area contributed by atoms with Crippen molar-refractivity contribution in [1.82, 2.24) is 10.3 Å². The first-order valence-electron chi connectivity index (χ1n) is 5.24. The molecular weight excluding hydrogens is 224 g/mol. The van der Waals surface area contributed by atoms with Gasteiger partial charge in [0, 0.05) is 19.9 Å². The van der Waals surface area contributed by atoms with Crippen molar-refractivity contribution in [2.45, 2.75) is 12.5 Å². The SMILES string of the molecule is COCC(O)CCNC(=O)c1ncccc1O. The summed E-state index contributed by atoms with van der Waals surface area (Å²) in [6.45, 7) is 0.518. The lowest BCUT2D eigenvalue weighted by molar-refractivity contribution is 0.0587. The lowest BCUT2D eigenvalue weighted by Crippen LogP contribution is -2.29. The maximum Gasteiger partial charge on any atom is 0.273 e. The van der Waals surface area contributed by atoms with E-state index < -0.39 is 12.0 Å². The molecule has 0 fully saturated rings.